The second-order valence-electron chi connectivity index (χ2n) is 10.4. The van der Waals surface area contributed by atoms with Crippen molar-refractivity contribution in [2.24, 2.45) is 45.8 Å². The van der Waals surface area contributed by atoms with Gasteiger partial charge in [0, 0.05) is 19.1 Å². The molecule has 0 spiro atoms. The Labute approximate surface area is 174 Å². The highest BCUT2D eigenvalue weighted by molar-refractivity contribution is 5.90. The maximum atomic E-state index is 13.2. The van der Waals surface area contributed by atoms with Crippen LogP contribution in [0.4, 0.5) is 0 Å². The summed E-state index contributed by atoms with van der Waals surface area (Å²) in [5.74, 6) is 0.0438. The standard InChI is InChI=1S/C24H36O5/c1-6-7-29-20-9-19-17(15(20)4)11-23(13-28-5)16-8-18(14(2)3)24(23,21(26)27)22(19,10-16)12-25/h8,12,14-17,19-20H,6-7,9-11,13H2,1-5H3,(H,26,27)/t15-,16+,17?,19?,20-,22-,23?,24+/m0/s1. The van der Waals surface area contributed by atoms with Crippen molar-refractivity contribution in [3.8, 4) is 0 Å². The summed E-state index contributed by atoms with van der Waals surface area (Å²) in [5, 5.41) is 10.8. The molecule has 0 radical (unpaired) electrons. The van der Waals surface area contributed by atoms with Crippen LogP contribution < -0.4 is 0 Å². The van der Waals surface area contributed by atoms with Gasteiger partial charge in [-0.3, -0.25) is 4.79 Å². The molecule has 3 fully saturated rings. The molecule has 4 bridgehead atoms. The van der Waals surface area contributed by atoms with Gasteiger partial charge in [-0.15, -0.1) is 0 Å². The third-order valence-electron chi connectivity index (χ3n) is 9.14. The third-order valence-corrected chi connectivity index (χ3v) is 9.14. The van der Waals surface area contributed by atoms with Gasteiger partial charge in [0.2, 0.25) is 0 Å². The van der Waals surface area contributed by atoms with Crippen LogP contribution in [0.15, 0.2) is 11.6 Å². The summed E-state index contributed by atoms with van der Waals surface area (Å²) in [4.78, 5) is 26.1. The molecule has 4 aliphatic rings. The van der Waals surface area contributed by atoms with Crippen LogP contribution in [0.25, 0.3) is 0 Å². The van der Waals surface area contributed by atoms with E-state index in [-0.39, 0.29) is 23.9 Å². The van der Waals surface area contributed by atoms with Crippen molar-refractivity contribution in [2.75, 3.05) is 20.3 Å². The van der Waals surface area contributed by atoms with E-state index in [1.807, 2.05) is 0 Å². The van der Waals surface area contributed by atoms with Crippen molar-refractivity contribution in [1.29, 1.82) is 0 Å². The fourth-order valence-corrected chi connectivity index (χ4v) is 8.33. The van der Waals surface area contributed by atoms with Crippen molar-refractivity contribution in [3.05, 3.63) is 11.6 Å². The van der Waals surface area contributed by atoms with E-state index >= 15 is 0 Å². The third kappa shape index (κ3) is 2.24. The summed E-state index contributed by atoms with van der Waals surface area (Å²) < 4.78 is 11.9. The average molecular weight is 405 g/mol. The molecular weight excluding hydrogens is 368 g/mol. The molecule has 0 aromatic heterocycles. The molecule has 0 aromatic rings. The number of aliphatic carboxylic acids is 1. The van der Waals surface area contributed by atoms with Crippen molar-refractivity contribution >= 4 is 12.3 Å². The SMILES string of the molecule is CCCO[C@H]1CC2C(CC3(COC)[C@@H]4C=C(C(C)C)[C@@]3(C(=O)O)[C@]2(C=O)C4)[C@@H]1C. The van der Waals surface area contributed by atoms with E-state index in [0.717, 1.165) is 37.7 Å². The fraction of sp³-hybridized carbons (Fsp3) is 0.833. The summed E-state index contributed by atoms with van der Waals surface area (Å²) in [6.07, 6.45) is 6.56. The number of fused-ring (bicyclic) bond motifs is 2. The zero-order valence-electron chi connectivity index (χ0n) is 18.4. The first-order valence-electron chi connectivity index (χ1n) is 11.3. The van der Waals surface area contributed by atoms with E-state index in [0.29, 0.717) is 24.9 Å². The summed E-state index contributed by atoms with van der Waals surface area (Å²) in [5.41, 5.74) is -1.60. The second kappa shape index (κ2) is 6.91. The van der Waals surface area contributed by atoms with Crippen LogP contribution in [0.3, 0.4) is 0 Å². The van der Waals surface area contributed by atoms with Gasteiger partial charge in [0.15, 0.2) is 0 Å². The number of carboxylic acid groups (broad SMARTS) is 1. The van der Waals surface area contributed by atoms with Crippen LogP contribution in [0.5, 0.6) is 0 Å². The number of hydrogen-bond acceptors (Lipinski definition) is 4. The van der Waals surface area contributed by atoms with Crippen LogP contribution in [-0.4, -0.2) is 43.8 Å². The molecule has 29 heavy (non-hydrogen) atoms. The number of allylic oxidation sites excluding steroid dienone is 1. The van der Waals surface area contributed by atoms with Crippen molar-refractivity contribution in [3.63, 3.8) is 0 Å². The number of ether oxygens (including phenoxy) is 2. The molecular formula is C24H36O5. The lowest BCUT2D eigenvalue weighted by atomic mass is 9.43. The summed E-state index contributed by atoms with van der Waals surface area (Å²) >= 11 is 0. The number of rotatable bonds is 8. The minimum Gasteiger partial charge on any atom is -0.481 e. The van der Waals surface area contributed by atoms with Crippen LogP contribution >= 0.6 is 0 Å². The van der Waals surface area contributed by atoms with Gasteiger partial charge in [0.1, 0.15) is 11.7 Å². The molecule has 1 N–H and O–H groups in total. The van der Waals surface area contributed by atoms with Gasteiger partial charge in [-0.2, -0.15) is 0 Å². The molecule has 8 atom stereocenters. The Morgan fingerprint density at radius 3 is 2.66 bits per heavy atom. The summed E-state index contributed by atoms with van der Waals surface area (Å²) in [6.45, 7) is 9.58. The molecule has 5 nitrogen and oxygen atoms in total. The van der Waals surface area contributed by atoms with E-state index in [1.54, 1.807) is 7.11 Å². The zero-order valence-corrected chi connectivity index (χ0v) is 18.4. The van der Waals surface area contributed by atoms with Gasteiger partial charge in [0.25, 0.3) is 0 Å². The van der Waals surface area contributed by atoms with Gasteiger partial charge >= 0.3 is 5.97 Å². The number of carboxylic acids is 1. The zero-order chi connectivity index (χ0) is 21.2. The monoisotopic (exact) mass is 404 g/mol. The number of hydrogen-bond donors (Lipinski definition) is 1. The van der Waals surface area contributed by atoms with Crippen LogP contribution in [0, 0.1) is 45.8 Å². The molecule has 162 valence electrons. The predicted octanol–water partition coefficient (Wildman–Crippen LogP) is 3.96. The van der Waals surface area contributed by atoms with Crippen molar-refractivity contribution in [1.82, 2.24) is 0 Å². The molecule has 5 heteroatoms. The van der Waals surface area contributed by atoms with E-state index in [2.05, 4.69) is 33.8 Å². The number of methoxy groups -OCH3 is 1. The van der Waals surface area contributed by atoms with Crippen LogP contribution in [0.2, 0.25) is 0 Å². The van der Waals surface area contributed by atoms with Gasteiger partial charge in [-0.05, 0) is 55.3 Å². The molecule has 4 aliphatic carbocycles. The lowest BCUT2D eigenvalue weighted by molar-refractivity contribution is -0.185. The highest BCUT2D eigenvalue weighted by Crippen LogP contribution is 2.82. The van der Waals surface area contributed by atoms with Gasteiger partial charge in [0.05, 0.1) is 18.1 Å². The largest absolute Gasteiger partial charge is 0.481 e. The highest BCUT2D eigenvalue weighted by Gasteiger charge is 2.84. The second-order valence-corrected chi connectivity index (χ2v) is 10.4. The maximum Gasteiger partial charge on any atom is 0.315 e. The molecule has 0 heterocycles. The van der Waals surface area contributed by atoms with Gasteiger partial charge in [-0.25, -0.2) is 0 Å². The van der Waals surface area contributed by atoms with Gasteiger partial charge in [-0.1, -0.05) is 39.3 Å². The Morgan fingerprint density at radius 1 is 1.38 bits per heavy atom. The Kier molecular flexibility index (Phi) is 5.02. The Balaban J connectivity index is 1.90. The van der Waals surface area contributed by atoms with Crippen LogP contribution in [0.1, 0.15) is 53.4 Å². The minimum absolute atomic E-state index is 0.0605. The van der Waals surface area contributed by atoms with E-state index in [1.165, 1.54) is 0 Å². The predicted molar refractivity (Wildman–Crippen MR) is 109 cm³/mol. The summed E-state index contributed by atoms with van der Waals surface area (Å²) in [7, 11) is 1.66. The molecule has 0 saturated heterocycles. The molecule has 4 rings (SSSR count). The number of carbonyl (C=O) groups is 2. The Morgan fingerprint density at radius 2 is 2.10 bits per heavy atom. The van der Waals surface area contributed by atoms with Crippen LogP contribution in [-0.2, 0) is 19.1 Å². The van der Waals surface area contributed by atoms with E-state index in [4.69, 9.17) is 9.47 Å². The quantitative estimate of drug-likeness (QED) is 0.490. The molecule has 0 aliphatic heterocycles. The molecule has 3 unspecified atom stereocenters. The minimum atomic E-state index is -1.16. The number of aldehydes is 1. The topological polar surface area (TPSA) is 72.8 Å². The van der Waals surface area contributed by atoms with Crippen molar-refractivity contribution < 1.29 is 24.2 Å². The average Bonchev–Trinajstić information content (AvgIpc) is 3.21. The Bertz CT molecular complexity index is 729. The van der Waals surface area contributed by atoms with E-state index in [9.17, 15) is 14.7 Å². The smallest absolute Gasteiger partial charge is 0.315 e. The number of carbonyl (C=O) groups excluding carboxylic acids is 1. The first kappa shape index (κ1) is 21.0. The molecule has 3 saturated carbocycles. The van der Waals surface area contributed by atoms with Crippen molar-refractivity contribution in [2.45, 2.75) is 59.5 Å². The normalized spacial score (nSPS) is 47.4. The molecule has 0 amide bonds. The highest BCUT2D eigenvalue weighted by atomic mass is 16.5. The maximum absolute atomic E-state index is 13.2. The lowest BCUT2D eigenvalue weighted by Crippen LogP contribution is -2.63. The first-order valence-corrected chi connectivity index (χ1v) is 11.3. The summed E-state index contributed by atoms with van der Waals surface area (Å²) in [6, 6.07) is 0. The fourth-order valence-electron chi connectivity index (χ4n) is 8.33. The first-order chi connectivity index (χ1) is 13.8. The molecule has 0 aromatic carbocycles. The van der Waals surface area contributed by atoms with Gasteiger partial charge < -0.3 is 19.4 Å². The van der Waals surface area contributed by atoms with E-state index < -0.39 is 22.2 Å². The Hall–Kier alpha value is -1.20. The lowest BCUT2D eigenvalue weighted by Gasteiger charge is -2.58.